The lowest BCUT2D eigenvalue weighted by Gasteiger charge is -2.14. The van der Waals surface area contributed by atoms with Gasteiger partial charge in [0.1, 0.15) is 0 Å². The van der Waals surface area contributed by atoms with Crippen molar-refractivity contribution >= 4 is 29.1 Å². The zero-order valence-corrected chi connectivity index (χ0v) is 12.6. The van der Waals surface area contributed by atoms with Gasteiger partial charge in [-0.25, -0.2) is 0 Å². The highest BCUT2D eigenvalue weighted by Gasteiger charge is 2.13. The van der Waals surface area contributed by atoms with Gasteiger partial charge in [-0.3, -0.25) is 9.78 Å². The Hall–Kier alpha value is -1.62. The molecule has 0 spiro atoms. The smallest absolute Gasteiger partial charge is 0.224 e. The monoisotopic (exact) mass is 324 g/mol. The number of pyridine rings is 1. The van der Waals surface area contributed by atoms with Gasteiger partial charge in [-0.15, -0.1) is 0 Å². The van der Waals surface area contributed by atoms with Gasteiger partial charge in [0.25, 0.3) is 0 Å². The van der Waals surface area contributed by atoms with Crippen molar-refractivity contribution in [2.45, 2.75) is 12.5 Å². The highest BCUT2D eigenvalue weighted by molar-refractivity contribution is 6.35. The van der Waals surface area contributed by atoms with Crippen LogP contribution >= 0.6 is 23.2 Å². The van der Waals surface area contributed by atoms with Crippen molar-refractivity contribution in [2.75, 3.05) is 6.54 Å². The van der Waals surface area contributed by atoms with Gasteiger partial charge in [-0.1, -0.05) is 35.3 Å². The number of halogens is 2. The number of carbonyl (C=O) groups is 1. The van der Waals surface area contributed by atoms with Crippen LogP contribution in [-0.2, 0) is 11.2 Å². The van der Waals surface area contributed by atoms with Crippen molar-refractivity contribution in [3.8, 4) is 0 Å². The van der Waals surface area contributed by atoms with Gasteiger partial charge in [0.05, 0.1) is 12.5 Å². The molecule has 2 aromatic rings. The van der Waals surface area contributed by atoms with Gasteiger partial charge in [-0.2, -0.15) is 0 Å². The predicted octanol–water partition coefficient (Wildman–Crippen LogP) is 2.78. The molecule has 4 nitrogen and oxygen atoms in total. The van der Waals surface area contributed by atoms with Crippen LogP contribution in [0, 0.1) is 0 Å². The Kier molecular flexibility index (Phi) is 5.56. The normalized spacial score (nSPS) is 12.0. The molecule has 1 atom stereocenters. The number of nitrogens with one attached hydrogen (secondary N) is 1. The summed E-state index contributed by atoms with van der Waals surface area (Å²) in [5.74, 6) is -0.188. The van der Waals surface area contributed by atoms with E-state index in [2.05, 4.69) is 10.3 Å². The maximum Gasteiger partial charge on any atom is 0.224 e. The lowest BCUT2D eigenvalue weighted by atomic mass is 10.1. The second kappa shape index (κ2) is 7.41. The van der Waals surface area contributed by atoms with Gasteiger partial charge in [0.2, 0.25) is 5.91 Å². The molecule has 6 heteroatoms. The maximum absolute atomic E-state index is 11.8. The fourth-order valence-corrected chi connectivity index (χ4v) is 2.38. The molecule has 0 fully saturated rings. The Morgan fingerprint density at radius 1 is 1.33 bits per heavy atom. The largest absolute Gasteiger partial charge is 0.387 e. The minimum absolute atomic E-state index is 0.0838. The van der Waals surface area contributed by atoms with E-state index >= 15 is 0 Å². The van der Waals surface area contributed by atoms with Crippen LogP contribution in [0.15, 0.2) is 42.7 Å². The van der Waals surface area contributed by atoms with E-state index in [1.807, 2.05) is 6.07 Å². The molecule has 0 aliphatic heterocycles. The number of amides is 1. The highest BCUT2D eigenvalue weighted by Crippen LogP contribution is 2.25. The molecule has 21 heavy (non-hydrogen) atoms. The van der Waals surface area contributed by atoms with Crippen LogP contribution in [0.5, 0.6) is 0 Å². The highest BCUT2D eigenvalue weighted by atomic mass is 35.5. The number of aliphatic hydroxyl groups is 1. The number of aromatic nitrogens is 1. The van der Waals surface area contributed by atoms with E-state index in [0.29, 0.717) is 15.6 Å². The molecule has 1 aromatic carbocycles. The summed E-state index contributed by atoms with van der Waals surface area (Å²) in [4.78, 5) is 15.7. The minimum Gasteiger partial charge on any atom is -0.387 e. The number of hydrogen-bond donors (Lipinski definition) is 2. The molecule has 0 aliphatic rings. The predicted molar refractivity (Wildman–Crippen MR) is 82.4 cm³/mol. The van der Waals surface area contributed by atoms with Gasteiger partial charge in [0, 0.05) is 34.5 Å². The topological polar surface area (TPSA) is 62.2 Å². The molecule has 1 unspecified atom stereocenters. The Labute approximate surface area is 132 Å². The molecule has 1 heterocycles. The standard InChI is InChI=1S/C15H14Cl2N2O2/c16-11-3-4-12(13(17)7-11)14(20)9-19-15(21)6-10-2-1-5-18-8-10/h1-5,7-8,14,20H,6,9H2,(H,19,21). The molecule has 0 bridgehead atoms. The summed E-state index contributed by atoms with van der Waals surface area (Å²) in [6.07, 6.45) is 2.61. The number of nitrogens with zero attached hydrogens (tertiary/aromatic N) is 1. The quantitative estimate of drug-likeness (QED) is 0.889. The molecular formula is C15H14Cl2N2O2. The maximum atomic E-state index is 11.8. The van der Waals surface area contributed by atoms with E-state index in [-0.39, 0.29) is 18.9 Å². The van der Waals surface area contributed by atoms with E-state index in [1.54, 1.807) is 36.7 Å². The molecule has 0 saturated heterocycles. The SMILES string of the molecule is O=C(Cc1cccnc1)NCC(O)c1ccc(Cl)cc1Cl. The Morgan fingerprint density at radius 3 is 2.81 bits per heavy atom. The molecule has 0 radical (unpaired) electrons. The zero-order chi connectivity index (χ0) is 15.2. The Bertz CT molecular complexity index is 620. The average Bonchev–Trinajstić information content (AvgIpc) is 2.46. The fourth-order valence-electron chi connectivity index (χ4n) is 1.84. The van der Waals surface area contributed by atoms with Crippen LogP contribution in [-0.4, -0.2) is 22.5 Å². The van der Waals surface area contributed by atoms with Crippen LogP contribution in [0.2, 0.25) is 10.0 Å². The molecule has 0 saturated carbocycles. The summed E-state index contributed by atoms with van der Waals surface area (Å²) in [6, 6.07) is 8.43. The molecular weight excluding hydrogens is 311 g/mol. The summed E-state index contributed by atoms with van der Waals surface area (Å²) in [6.45, 7) is 0.0838. The first-order valence-electron chi connectivity index (χ1n) is 6.35. The van der Waals surface area contributed by atoms with Gasteiger partial charge >= 0.3 is 0 Å². The molecule has 1 aromatic heterocycles. The number of carbonyl (C=O) groups excluding carboxylic acids is 1. The van der Waals surface area contributed by atoms with Crippen LogP contribution < -0.4 is 5.32 Å². The van der Waals surface area contributed by atoms with Crippen LogP contribution in [0.1, 0.15) is 17.2 Å². The summed E-state index contributed by atoms with van der Waals surface area (Å²) in [5.41, 5.74) is 1.34. The van der Waals surface area contributed by atoms with E-state index in [4.69, 9.17) is 23.2 Å². The number of rotatable bonds is 5. The first kappa shape index (κ1) is 15.8. The zero-order valence-electron chi connectivity index (χ0n) is 11.1. The third-order valence-electron chi connectivity index (χ3n) is 2.90. The van der Waals surface area contributed by atoms with E-state index in [0.717, 1.165) is 5.56 Å². The fraction of sp³-hybridized carbons (Fsp3) is 0.200. The summed E-state index contributed by atoms with van der Waals surface area (Å²) >= 11 is 11.8. The van der Waals surface area contributed by atoms with Crippen molar-refractivity contribution in [3.63, 3.8) is 0 Å². The Morgan fingerprint density at radius 2 is 2.14 bits per heavy atom. The third-order valence-corrected chi connectivity index (χ3v) is 3.46. The summed E-state index contributed by atoms with van der Waals surface area (Å²) in [5, 5.41) is 13.6. The van der Waals surface area contributed by atoms with Crippen molar-refractivity contribution in [2.24, 2.45) is 0 Å². The van der Waals surface area contributed by atoms with Gasteiger partial charge in [0.15, 0.2) is 0 Å². The Balaban J connectivity index is 1.89. The van der Waals surface area contributed by atoms with Gasteiger partial charge < -0.3 is 10.4 Å². The minimum atomic E-state index is -0.882. The summed E-state index contributed by atoms with van der Waals surface area (Å²) in [7, 11) is 0. The number of hydrogen-bond acceptors (Lipinski definition) is 3. The number of aliphatic hydroxyl groups excluding tert-OH is 1. The number of benzene rings is 1. The second-order valence-corrected chi connectivity index (χ2v) is 5.37. The molecule has 2 N–H and O–H groups in total. The van der Waals surface area contributed by atoms with Crippen molar-refractivity contribution in [1.29, 1.82) is 0 Å². The molecule has 1 amide bonds. The average molecular weight is 325 g/mol. The van der Waals surface area contributed by atoms with Crippen LogP contribution in [0.25, 0.3) is 0 Å². The first-order valence-corrected chi connectivity index (χ1v) is 7.10. The molecule has 2 rings (SSSR count). The second-order valence-electron chi connectivity index (χ2n) is 4.52. The summed E-state index contributed by atoms with van der Waals surface area (Å²) < 4.78 is 0. The van der Waals surface area contributed by atoms with Crippen molar-refractivity contribution in [3.05, 3.63) is 63.9 Å². The lowest BCUT2D eigenvalue weighted by Crippen LogP contribution is -2.29. The molecule has 0 aliphatic carbocycles. The first-order chi connectivity index (χ1) is 10.1. The van der Waals surface area contributed by atoms with Crippen molar-refractivity contribution in [1.82, 2.24) is 10.3 Å². The van der Waals surface area contributed by atoms with E-state index in [9.17, 15) is 9.90 Å². The van der Waals surface area contributed by atoms with Crippen LogP contribution in [0.4, 0.5) is 0 Å². The van der Waals surface area contributed by atoms with Crippen LogP contribution in [0.3, 0.4) is 0 Å². The molecule has 110 valence electrons. The van der Waals surface area contributed by atoms with Gasteiger partial charge in [-0.05, 0) is 23.8 Å². The van der Waals surface area contributed by atoms with E-state index < -0.39 is 6.10 Å². The van der Waals surface area contributed by atoms with Crippen molar-refractivity contribution < 1.29 is 9.90 Å². The lowest BCUT2D eigenvalue weighted by molar-refractivity contribution is -0.120. The third kappa shape index (κ3) is 4.70. The van der Waals surface area contributed by atoms with E-state index in [1.165, 1.54) is 0 Å².